The summed E-state index contributed by atoms with van der Waals surface area (Å²) in [5.74, 6) is -0.0161. The first kappa shape index (κ1) is 19.6. The Hall–Kier alpha value is -3.19. The lowest BCUT2D eigenvalue weighted by atomic mass is 10.1. The van der Waals surface area contributed by atoms with Crippen molar-refractivity contribution in [2.45, 2.75) is 25.7 Å². The van der Waals surface area contributed by atoms with Crippen molar-refractivity contribution in [1.29, 1.82) is 0 Å². The molecular formula is C21H21N3O3S. The number of anilines is 2. The fourth-order valence-corrected chi connectivity index (χ4v) is 3.99. The van der Waals surface area contributed by atoms with Gasteiger partial charge in [0.25, 0.3) is 15.9 Å². The lowest BCUT2D eigenvalue weighted by molar-refractivity contribution is 0.102. The molecule has 6 nitrogen and oxygen atoms in total. The predicted octanol–water partition coefficient (Wildman–Crippen LogP) is 4.06. The van der Waals surface area contributed by atoms with Gasteiger partial charge in [0.05, 0.1) is 4.90 Å². The topological polar surface area (TPSA) is 88.2 Å². The largest absolute Gasteiger partial charge is 0.307 e. The van der Waals surface area contributed by atoms with Crippen molar-refractivity contribution in [3.63, 3.8) is 0 Å². The standard InChI is InChI=1S/C21H21N3O3S/c1-14-4-8-18(9-5-14)24-28(26,27)19-13-17(7-6-16(19)3)21(25)23-20-12-15(2)10-11-22-20/h4-13,24H,1-3H3,(H,22,23,25). The molecule has 2 N–H and O–H groups in total. The lowest BCUT2D eigenvalue weighted by Crippen LogP contribution is -2.17. The molecule has 3 rings (SSSR count). The van der Waals surface area contributed by atoms with E-state index in [1.807, 2.05) is 32.0 Å². The highest BCUT2D eigenvalue weighted by Gasteiger charge is 2.19. The number of nitrogens with zero attached hydrogens (tertiary/aromatic N) is 1. The number of sulfonamides is 1. The third-order valence-electron chi connectivity index (χ3n) is 4.20. The van der Waals surface area contributed by atoms with Gasteiger partial charge in [-0.2, -0.15) is 0 Å². The summed E-state index contributed by atoms with van der Waals surface area (Å²) < 4.78 is 28.2. The fraction of sp³-hybridized carbons (Fsp3) is 0.143. The minimum Gasteiger partial charge on any atom is -0.307 e. The first-order chi connectivity index (χ1) is 13.2. The van der Waals surface area contributed by atoms with Crippen LogP contribution < -0.4 is 10.0 Å². The number of carbonyl (C=O) groups is 1. The number of amides is 1. The zero-order chi connectivity index (χ0) is 20.3. The van der Waals surface area contributed by atoms with Crippen LogP contribution in [0.3, 0.4) is 0 Å². The Bertz CT molecular complexity index is 1120. The van der Waals surface area contributed by atoms with Gasteiger partial charge in [-0.05, 0) is 68.3 Å². The van der Waals surface area contributed by atoms with E-state index in [0.717, 1.165) is 11.1 Å². The van der Waals surface area contributed by atoms with Gasteiger partial charge < -0.3 is 5.32 Å². The molecule has 1 heterocycles. The van der Waals surface area contributed by atoms with Crippen LogP contribution in [-0.4, -0.2) is 19.3 Å². The monoisotopic (exact) mass is 395 g/mol. The molecule has 0 aliphatic carbocycles. The van der Waals surface area contributed by atoms with Crippen LogP contribution in [0.2, 0.25) is 0 Å². The number of pyridine rings is 1. The minimum absolute atomic E-state index is 0.0536. The van der Waals surface area contributed by atoms with Crippen molar-refractivity contribution >= 4 is 27.4 Å². The van der Waals surface area contributed by atoms with Crippen LogP contribution in [0.15, 0.2) is 65.7 Å². The Labute approximate surface area is 164 Å². The number of aromatic nitrogens is 1. The van der Waals surface area contributed by atoms with Gasteiger partial charge in [0.2, 0.25) is 0 Å². The van der Waals surface area contributed by atoms with Crippen LogP contribution in [0.4, 0.5) is 11.5 Å². The van der Waals surface area contributed by atoms with Crippen molar-refractivity contribution in [3.05, 3.63) is 83.0 Å². The fourth-order valence-electron chi connectivity index (χ4n) is 2.66. The summed E-state index contributed by atoms with van der Waals surface area (Å²) in [5, 5.41) is 2.69. The molecule has 7 heteroatoms. The van der Waals surface area contributed by atoms with E-state index in [1.165, 1.54) is 6.07 Å². The Morgan fingerprint density at radius 3 is 2.29 bits per heavy atom. The normalized spacial score (nSPS) is 11.1. The average molecular weight is 395 g/mol. The Morgan fingerprint density at radius 1 is 0.893 bits per heavy atom. The maximum Gasteiger partial charge on any atom is 0.262 e. The molecule has 0 saturated heterocycles. The molecule has 0 radical (unpaired) electrons. The van der Waals surface area contributed by atoms with E-state index in [2.05, 4.69) is 15.0 Å². The molecule has 0 saturated carbocycles. The van der Waals surface area contributed by atoms with Gasteiger partial charge in [-0.1, -0.05) is 23.8 Å². The third kappa shape index (κ3) is 4.55. The van der Waals surface area contributed by atoms with Crippen LogP contribution in [0.1, 0.15) is 27.0 Å². The van der Waals surface area contributed by atoms with Crippen molar-refractivity contribution in [2.24, 2.45) is 0 Å². The smallest absolute Gasteiger partial charge is 0.262 e. The molecule has 144 valence electrons. The van der Waals surface area contributed by atoms with Crippen molar-refractivity contribution in [2.75, 3.05) is 10.0 Å². The summed E-state index contributed by atoms with van der Waals surface area (Å²) in [5.41, 5.74) is 3.23. The number of nitrogens with one attached hydrogen (secondary N) is 2. The maximum atomic E-state index is 12.8. The highest BCUT2D eigenvalue weighted by Crippen LogP contribution is 2.22. The zero-order valence-electron chi connectivity index (χ0n) is 15.9. The summed E-state index contributed by atoms with van der Waals surface area (Å²) in [6.45, 7) is 5.51. The van der Waals surface area contributed by atoms with Gasteiger partial charge >= 0.3 is 0 Å². The molecule has 0 fully saturated rings. The number of carbonyl (C=O) groups excluding carboxylic acids is 1. The Balaban J connectivity index is 1.87. The molecule has 0 spiro atoms. The highest BCUT2D eigenvalue weighted by molar-refractivity contribution is 7.92. The first-order valence-electron chi connectivity index (χ1n) is 8.69. The summed E-state index contributed by atoms with van der Waals surface area (Å²) in [7, 11) is -3.84. The summed E-state index contributed by atoms with van der Waals surface area (Å²) in [6.07, 6.45) is 1.60. The number of hydrogen-bond acceptors (Lipinski definition) is 4. The van der Waals surface area contributed by atoms with E-state index in [0.29, 0.717) is 17.1 Å². The van der Waals surface area contributed by atoms with E-state index < -0.39 is 15.9 Å². The minimum atomic E-state index is -3.84. The van der Waals surface area contributed by atoms with Crippen molar-refractivity contribution in [1.82, 2.24) is 4.98 Å². The van der Waals surface area contributed by atoms with E-state index >= 15 is 0 Å². The molecule has 1 aromatic heterocycles. The SMILES string of the molecule is Cc1ccc(NS(=O)(=O)c2cc(C(=O)Nc3cc(C)ccn3)ccc2C)cc1. The van der Waals surface area contributed by atoms with Gasteiger partial charge in [0, 0.05) is 17.4 Å². The van der Waals surface area contributed by atoms with Crippen molar-refractivity contribution in [3.8, 4) is 0 Å². The second-order valence-electron chi connectivity index (χ2n) is 6.62. The summed E-state index contributed by atoms with van der Waals surface area (Å²) >= 11 is 0. The first-order valence-corrected chi connectivity index (χ1v) is 10.2. The van der Waals surface area contributed by atoms with E-state index in [-0.39, 0.29) is 10.5 Å². The van der Waals surface area contributed by atoms with Crippen LogP contribution >= 0.6 is 0 Å². The zero-order valence-corrected chi connectivity index (χ0v) is 16.7. The van der Waals surface area contributed by atoms with Crippen molar-refractivity contribution < 1.29 is 13.2 Å². The molecule has 0 unspecified atom stereocenters. The second-order valence-corrected chi connectivity index (χ2v) is 8.28. The van der Waals surface area contributed by atoms with Crippen LogP contribution in [-0.2, 0) is 10.0 Å². The lowest BCUT2D eigenvalue weighted by Gasteiger charge is -2.12. The molecule has 0 aliphatic rings. The van der Waals surface area contributed by atoms with E-state index in [9.17, 15) is 13.2 Å². The van der Waals surface area contributed by atoms with Gasteiger partial charge in [-0.3, -0.25) is 9.52 Å². The van der Waals surface area contributed by atoms with Crippen LogP contribution in [0, 0.1) is 20.8 Å². The number of benzene rings is 2. The molecule has 0 aliphatic heterocycles. The number of rotatable bonds is 5. The quantitative estimate of drug-likeness (QED) is 0.682. The predicted molar refractivity (Wildman–Crippen MR) is 110 cm³/mol. The third-order valence-corrected chi connectivity index (χ3v) is 5.72. The van der Waals surface area contributed by atoms with Gasteiger partial charge in [-0.25, -0.2) is 13.4 Å². The molecule has 0 bridgehead atoms. The van der Waals surface area contributed by atoms with Gasteiger partial charge in [0.15, 0.2) is 0 Å². The van der Waals surface area contributed by atoms with E-state index in [4.69, 9.17) is 0 Å². The summed E-state index contributed by atoms with van der Waals surface area (Å²) in [6, 6.07) is 15.2. The average Bonchev–Trinajstić information content (AvgIpc) is 2.63. The van der Waals surface area contributed by atoms with Gasteiger partial charge in [0.1, 0.15) is 5.82 Å². The maximum absolute atomic E-state index is 12.8. The second kappa shape index (κ2) is 7.82. The molecule has 0 atom stereocenters. The van der Waals surface area contributed by atoms with Crippen LogP contribution in [0.5, 0.6) is 0 Å². The van der Waals surface area contributed by atoms with E-state index in [1.54, 1.807) is 43.5 Å². The number of aryl methyl sites for hydroxylation is 3. The van der Waals surface area contributed by atoms with Crippen LogP contribution in [0.25, 0.3) is 0 Å². The Morgan fingerprint density at radius 2 is 1.61 bits per heavy atom. The molecule has 2 aromatic carbocycles. The molecule has 1 amide bonds. The molecular weight excluding hydrogens is 374 g/mol. The Kier molecular flexibility index (Phi) is 5.46. The summed E-state index contributed by atoms with van der Waals surface area (Å²) in [4.78, 5) is 16.7. The molecule has 28 heavy (non-hydrogen) atoms. The molecule has 3 aromatic rings. The highest BCUT2D eigenvalue weighted by atomic mass is 32.2. The van der Waals surface area contributed by atoms with Gasteiger partial charge in [-0.15, -0.1) is 0 Å². The number of hydrogen-bond donors (Lipinski definition) is 2.